The molecule has 138 valence electrons. The number of halogens is 1. The van der Waals surface area contributed by atoms with Crippen LogP contribution in [0.15, 0.2) is 48.5 Å². The van der Waals surface area contributed by atoms with Gasteiger partial charge in [0, 0.05) is 17.1 Å². The minimum atomic E-state index is -0.313. The zero-order chi connectivity index (χ0) is 18.8. The van der Waals surface area contributed by atoms with Crippen LogP contribution in [0.25, 0.3) is 5.69 Å². The van der Waals surface area contributed by atoms with E-state index in [1.807, 2.05) is 24.3 Å². The molecule has 1 amide bonds. The third-order valence-corrected chi connectivity index (χ3v) is 5.38. The van der Waals surface area contributed by atoms with E-state index < -0.39 is 0 Å². The van der Waals surface area contributed by atoms with Gasteiger partial charge in [0.1, 0.15) is 17.4 Å². The van der Waals surface area contributed by atoms with Crippen molar-refractivity contribution in [2.45, 2.75) is 17.9 Å². The maximum atomic E-state index is 13.1. The molecular formula is C20H18FN3O2S. The summed E-state index contributed by atoms with van der Waals surface area (Å²) in [6.07, 6.45) is 0.177. The van der Waals surface area contributed by atoms with E-state index in [0.717, 1.165) is 39.8 Å². The number of nitrogens with zero attached hydrogens (tertiary/aromatic N) is 2. The Morgan fingerprint density at radius 2 is 1.93 bits per heavy atom. The summed E-state index contributed by atoms with van der Waals surface area (Å²) >= 11 is 1.78. The van der Waals surface area contributed by atoms with Crippen molar-refractivity contribution < 1.29 is 13.9 Å². The molecule has 2 aromatic carbocycles. The van der Waals surface area contributed by atoms with Gasteiger partial charge < -0.3 is 10.1 Å². The Bertz CT molecular complexity index is 968. The van der Waals surface area contributed by atoms with E-state index in [4.69, 9.17) is 4.74 Å². The molecule has 2 heterocycles. The second kappa shape index (κ2) is 7.44. The molecule has 27 heavy (non-hydrogen) atoms. The van der Waals surface area contributed by atoms with E-state index in [1.54, 1.807) is 35.7 Å². The molecule has 0 saturated carbocycles. The molecule has 1 aliphatic rings. The third kappa shape index (κ3) is 3.68. The highest BCUT2D eigenvalue weighted by Crippen LogP contribution is 2.36. The molecule has 0 atom stereocenters. The fraction of sp³-hybridized carbons (Fsp3) is 0.200. The van der Waals surface area contributed by atoms with Gasteiger partial charge in [0.05, 0.1) is 24.9 Å². The summed E-state index contributed by atoms with van der Waals surface area (Å²) in [7, 11) is 1.62. The number of aromatic nitrogens is 2. The van der Waals surface area contributed by atoms with Crippen LogP contribution in [-0.2, 0) is 22.7 Å². The lowest BCUT2D eigenvalue weighted by molar-refractivity contribution is -0.115. The molecule has 0 fully saturated rings. The molecule has 3 aromatic rings. The number of nitrogens with one attached hydrogen (secondary N) is 1. The van der Waals surface area contributed by atoms with E-state index in [9.17, 15) is 9.18 Å². The van der Waals surface area contributed by atoms with Gasteiger partial charge in [-0.3, -0.25) is 4.79 Å². The van der Waals surface area contributed by atoms with Crippen LogP contribution in [0.4, 0.5) is 10.2 Å². The minimum Gasteiger partial charge on any atom is -0.497 e. The molecule has 4 rings (SSSR count). The lowest BCUT2D eigenvalue weighted by Gasteiger charge is -2.11. The normalized spacial score (nSPS) is 12.7. The Labute approximate surface area is 160 Å². The smallest absolute Gasteiger partial charge is 0.229 e. The zero-order valence-electron chi connectivity index (χ0n) is 14.7. The van der Waals surface area contributed by atoms with Crippen LogP contribution in [0.5, 0.6) is 5.75 Å². The Morgan fingerprint density at radius 1 is 1.19 bits per heavy atom. The molecule has 0 radical (unpaired) electrons. The number of carbonyl (C=O) groups is 1. The van der Waals surface area contributed by atoms with E-state index >= 15 is 0 Å². The molecule has 0 spiro atoms. The van der Waals surface area contributed by atoms with E-state index in [0.29, 0.717) is 5.82 Å². The number of thioether (sulfide) groups is 1. The predicted octanol–water partition coefficient (Wildman–Crippen LogP) is 3.95. The van der Waals surface area contributed by atoms with Crippen LogP contribution < -0.4 is 10.1 Å². The molecule has 5 nitrogen and oxygen atoms in total. The fourth-order valence-electron chi connectivity index (χ4n) is 3.02. The van der Waals surface area contributed by atoms with Gasteiger partial charge in [-0.2, -0.15) is 16.9 Å². The first-order chi connectivity index (χ1) is 13.1. The summed E-state index contributed by atoms with van der Waals surface area (Å²) in [5.74, 6) is 2.64. The van der Waals surface area contributed by atoms with Gasteiger partial charge in [0.2, 0.25) is 5.91 Å². The number of rotatable bonds is 5. The number of anilines is 1. The topological polar surface area (TPSA) is 56.1 Å². The number of benzene rings is 2. The lowest BCUT2D eigenvalue weighted by Crippen LogP contribution is -2.18. The molecule has 0 saturated heterocycles. The van der Waals surface area contributed by atoms with E-state index in [1.165, 1.54) is 12.1 Å². The maximum absolute atomic E-state index is 13.1. The van der Waals surface area contributed by atoms with Crippen molar-refractivity contribution in [3.05, 3.63) is 71.2 Å². The lowest BCUT2D eigenvalue weighted by atomic mass is 10.1. The van der Waals surface area contributed by atoms with Gasteiger partial charge in [-0.25, -0.2) is 9.07 Å². The van der Waals surface area contributed by atoms with E-state index in [2.05, 4.69) is 10.4 Å². The summed E-state index contributed by atoms with van der Waals surface area (Å²) in [5, 5.41) is 7.68. The monoisotopic (exact) mass is 383 g/mol. The molecule has 0 unspecified atom stereocenters. The number of methoxy groups -OCH3 is 1. The predicted molar refractivity (Wildman–Crippen MR) is 104 cm³/mol. The minimum absolute atomic E-state index is 0.157. The average Bonchev–Trinajstić information content (AvgIpc) is 3.26. The van der Waals surface area contributed by atoms with Crippen molar-refractivity contribution >= 4 is 23.5 Å². The third-order valence-electron chi connectivity index (χ3n) is 4.40. The van der Waals surface area contributed by atoms with E-state index in [-0.39, 0.29) is 18.1 Å². The summed E-state index contributed by atoms with van der Waals surface area (Å²) in [5.41, 5.74) is 3.67. The highest BCUT2D eigenvalue weighted by Gasteiger charge is 2.24. The first-order valence-electron chi connectivity index (χ1n) is 8.51. The van der Waals surface area contributed by atoms with Gasteiger partial charge in [-0.05, 0) is 42.0 Å². The highest BCUT2D eigenvalue weighted by molar-refractivity contribution is 7.98. The van der Waals surface area contributed by atoms with Crippen LogP contribution in [-0.4, -0.2) is 22.8 Å². The largest absolute Gasteiger partial charge is 0.497 e. The highest BCUT2D eigenvalue weighted by atomic mass is 32.2. The Morgan fingerprint density at radius 3 is 2.63 bits per heavy atom. The Balaban J connectivity index is 1.61. The van der Waals surface area contributed by atoms with Gasteiger partial charge in [-0.15, -0.1) is 0 Å². The summed E-state index contributed by atoms with van der Waals surface area (Å²) in [6, 6.07) is 13.5. The standard InChI is InChI=1S/C20H18FN3O2S/c1-26-16-8-6-15(7-9-16)24-20(17-11-27-12-18(17)23-24)22-19(25)10-13-2-4-14(21)5-3-13/h2-9H,10-12H2,1H3,(H,22,25). The van der Waals surface area contributed by atoms with Crippen LogP contribution in [0.3, 0.4) is 0 Å². The van der Waals surface area contributed by atoms with Crippen LogP contribution in [0.1, 0.15) is 16.8 Å². The number of fused-ring (bicyclic) bond motifs is 1. The van der Waals surface area contributed by atoms with Crippen molar-refractivity contribution in [2.24, 2.45) is 0 Å². The quantitative estimate of drug-likeness (QED) is 0.725. The summed E-state index contributed by atoms with van der Waals surface area (Å²) in [6.45, 7) is 0. The zero-order valence-corrected chi connectivity index (χ0v) is 15.6. The fourth-order valence-corrected chi connectivity index (χ4v) is 4.05. The number of hydrogen-bond donors (Lipinski definition) is 1. The number of carbonyl (C=O) groups excluding carboxylic acids is 1. The number of amides is 1. The Hall–Kier alpha value is -2.80. The molecule has 1 aliphatic heterocycles. The van der Waals surface area contributed by atoms with Crippen molar-refractivity contribution in [3.8, 4) is 11.4 Å². The first-order valence-corrected chi connectivity index (χ1v) is 9.67. The molecular weight excluding hydrogens is 365 g/mol. The average molecular weight is 383 g/mol. The Kier molecular flexibility index (Phi) is 4.85. The molecule has 1 aromatic heterocycles. The maximum Gasteiger partial charge on any atom is 0.229 e. The summed E-state index contributed by atoms with van der Waals surface area (Å²) in [4.78, 5) is 12.6. The van der Waals surface area contributed by atoms with Crippen molar-refractivity contribution in [1.82, 2.24) is 9.78 Å². The van der Waals surface area contributed by atoms with Gasteiger partial charge in [0.15, 0.2) is 0 Å². The first kappa shape index (κ1) is 17.6. The van der Waals surface area contributed by atoms with Gasteiger partial charge in [-0.1, -0.05) is 12.1 Å². The van der Waals surface area contributed by atoms with Gasteiger partial charge in [0.25, 0.3) is 0 Å². The second-order valence-corrected chi connectivity index (χ2v) is 7.21. The molecule has 1 N–H and O–H groups in total. The van der Waals surface area contributed by atoms with Crippen LogP contribution in [0, 0.1) is 5.82 Å². The number of hydrogen-bond acceptors (Lipinski definition) is 4. The summed E-state index contributed by atoms with van der Waals surface area (Å²) < 4.78 is 20.0. The van der Waals surface area contributed by atoms with Crippen LogP contribution >= 0.6 is 11.8 Å². The molecule has 0 aliphatic carbocycles. The van der Waals surface area contributed by atoms with Gasteiger partial charge >= 0.3 is 0 Å². The van der Waals surface area contributed by atoms with Crippen LogP contribution in [0.2, 0.25) is 0 Å². The second-order valence-electron chi connectivity index (χ2n) is 6.23. The molecule has 0 bridgehead atoms. The van der Waals surface area contributed by atoms with Crippen molar-refractivity contribution in [3.63, 3.8) is 0 Å². The molecule has 7 heteroatoms. The number of ether oxygens (including phenoxy) is 1. The van der Waals surface area contributed by atoms with Crippen molar-refractivity contribution in [1.29, 1.82) is 0 Å². The van der Waals surface area contributed by atoms with Crippen molar-refractivity contribution in [2.75, 3.05) is 12.4 Å². The SMILES string of the molecule is COc1ccc(-n2nc3c(c2NC(=O)Cc2ccc(F)cc2)CSC3)cc1.